The highest BCUT2D eigenvalue weighted by Crippen LogP contribution is 2.31. The number of nitrogens with one attached hydrogen (secondary N) is 1. The van der Waals surface area contributed by atoms with E-state index in [4.69, 9.17) is 5.73 Å². The molecule has 1 aromatic carbocycles. The third kappa shape index (κ3) is 7.05. The zero-order chi connectivity index (χ0) is 18.2. The van der Waals surface area contributed by atoms with E-state index in [0.717, 1.165) is 14.4 Å². The molecular weight excluding hydrogens is 376 g/mol. The molecule has 0 fully saturated rings. The van der Waals surface area contributed by atoms with E-state index in [0.29, 0.717) is 11.7 Å². The molecule has 0 aliphatic carbocycles. The number of imide groups is 1. The van der Waals surface area contributed by atoms with Crippen LogP contribution in [0.4, 0.5) is 4.79 Å². The average Bonchev–Trinajstić information content (AvgIpc) is 3.00. The van der Waals surface area contributed by atoms with Crippen LogP contribution in [0.25, 0.3) is 0 Å². The molecule has 25 heavy (non-hydrogen) atoms. The molecule has 1 aromatic heterocycles. The van der Waals surface area contributed by atoms with E-state index in [-0.39, 0.29) is 12.3 Å². The van der Waals surface area contributed by atoms with Gasteiger partial charge in [0, 0.05) is 17.9 Å². The molecule has 0 unspecified atom stereocenters. The van der Waals surface area contributed by atoms with E-state index in [1.165, 1.54) is 34.2 Å². The maximum Gasteiger partial charge on any atom is 0.318 e. The number of nitrogens with zero attached hydrogens (tertiary/aromatic N) is 2. The Morgan fingerprint density at radius 2 is 1.80 bits per heavy atom. The van der Waals surface area contributed by atoms with Gasteiger partial charge in [-0.2, -0.15) is 0 Å². The number of carbonyl (C=O) groups excluding carboxylic acids is 2. The lowest BCUT2D eigenvalue weighted by atomic mass is 10.0. The van der Waals surface area contributed by atoms with Crippen molar-refractivity contribution < 1.29 is 9.59 Å². The van der Waals surface area contributed by atoms with Gasteiger partial charge in [-0.25, -0.2) is 4.79 Å². The Kier molecular flexibility index (Phi) is 7.73. The highest BCUT2D eigenvalue weighted by molar-refractivity contribution is 8.02. The van der Waals surface area contributed by atoms with E-state index in [1.54, 1.807) is 11.8 Å². The molecule has 0 aliphatic rings. The Labute approximate surface area is 159 Å². The summed E-state index contributed by atoms with van der Waals surface area (Å²) in [6.07, 6.45) is 0.206. The maximum atomic E-state index is 11.3. The summed E-state index contributed by atoms with van der Waals surface area (Å²) >= 11 is 4.60. The topological polar surface area (TPSA) is 98.0 Å². The number of aromatic nitrogens is 2. The van der Waals surface area contributed by atoms with E-state index in [2.05, 4.69) is 48.3 Å². The maximum absolute atomic E-state index is 11.3. The SMILES string of the molecule is CC(C)c1ccc(CSc2nnc(SCCC(=O)NC(N)=O)s2)cc1. The number of primary amides is 1. The lowest BCUT2D eigenvalue weighted by Crippen LogP contribution is -2.35. The molecule has 1 heterocycles. The Morgan fingerprint density at radius 3 is 2.40 bits per heavy atom. The second-order valence-electron chi connectivity index (χ2n) is 5.53. The second kappa shape index (κ2) is 9.79. The van der Waals surface area contributed by atoms with E-state index >= 15 is 0 Å². The molecule has 0 radical (unpaired) electrons. The summed E-state index contributed by atoms with van der Waals surface area (Å²) in [6.45, 7) is 4.36. The molecular formula is C16H20N4O2S3. The highest BCUT2D eigenvalue weighted by atomic mass is 32.2. The molecule has 2 rings (SSSR count). The summed E-state index contributed by atoms with van der Waals surface area (Å²) in [4.78, 5) is 21.9. The number of amides is 3. The van der Waals surface area contributed by atoms with Gasteiger partial charge >= 0.3 is 6.03 Å². The van der Waals surface area contributed by atoms with Gasteiger partial charge in [-0.15, -0.1) is 10.2 Å². The normalized spacial score (nSPS) is 10.8. The first-order valence-corrected chi connectivity index (χ1v) is 10.5. The molecule has 0 atom stereocenters. The van der Waals surface area contributed by atoms with Gasteiger partial charge in [0.05, 0.1) is 0 Å². The van der Waals surface area contributed by atoms with Crippen LogP contribution in [0.1, 0.15) is 37.3 Å². The first-order valence-electron chi connectivity index (χ1n) is 7.71. The molecule has 2 aromatic rings. The molecule has 0 aliphatic heterocycles. The van der Waals surface area contributed by atoms with Crippen molar-refractivity contribution in [2.45, 2.75) is 40.6 Å². The van der Waals surface area contributed by atoms with Crippen molar-refractivity contribution in [2.24, 2.45) is 5.73 Å². The highest BCUT2D eigenvalue weighted by Gasteiger charge is 2.09. The largest absolute Gasteiger partial charge is 0.351 e. The number of urea groups is 1. The quantitative estimate of drug-likeness (QED) is 0.661. The van der Waals surface area contributed by atoms with E-state index < -0.39 is 6.03 Å². The zero-order valence-corrected chi connectivity index (χ0v) is 16.5. The van der Waals surface area contributed by atoms with Crippen molar-refractivity contribution in [1.29, 1.82) is 0 Å². The molecule has 134 valence electrons. The number of nitrogens with two attached hydrogens (primary N) is 1. The van der Waals surface area contributed by atoms with Gasteiger partial charge in [0.15, 0.2) is 8.68 Å². The Morgan fingerprint density at radius 1 is 1.16 bits per heavy atom. The summed E-state index contributed by atoms with van der Waals surface area (Å²) in [5.74, 6) is 1.52. The third-order valence-electron chi connectivity index (χ3n) is 3.21. The van der Waals surface area contributed by atoms with Crippen LogP contribution < -0.4 is 11.1 Å². The molecule has 3 N–H and O–H groups in total. The van der Waals surface area contributed by atoms with Gasteiger partial charge in [-0.05, 0) is 17.0 Å². The van der Waals surface area contributed by atoms with E-state index in [9.17, 15) is 9.59 Å². The van der Waals surface area contributed by atoms with Crippen molar-refractivity contribution in [2.75, 3.05) is 5.75 Å². The van der Waals surface area contributed by atoms with Crippen LogP contribution in [0, 0.1) is 0 Å². The molecule has 6 nitrogen and oxygen atoms in total. The van der Waals surface area contributed by atoms with Gasteiger partial charge in [-0.1, -0.05) is 73.0 Å². The van der Waals surface area contributed by atoms with Crippen LogP contribution in [-0.4, -0.2) is 27.9 Å². The standard InChI is InChI=1S/C16H20N4O2S3/c1-10(2)12-5-3-11(4-6-12)9-24-16-20-19-15(25-16)23-8-7-13(21)18-14(17)22/h3-6,10H,7-9H2,1-2H3,(H3,17,18,21,22). The number of rotatable bonds is 8. The number of thioether (sulfide) groups is 2. The van der Waals surface area contributed by atoms with Crippen molar-refractivity contribution in [1.82, 2.24) is 15.5 Å². The molecule has 0 saturated heterocycles. The van der Waals surface area contributed by atoms with Crippen molar-refractivity contribution in [3.05, 3.63) is 35.4 Å². The summed E-state index contributed by atoms with van der Waals surface area (Å²) in [7, 11) is 0. The molecule has 0 saturated carbocycles. The van der Waals surface area contributed by atoms with Gasteiger partial charge in [0.2, 0.25) is 5.91 Å². The number of hydrogen-bond acceptors (Lipinski definition) is 7. The summed E-state index contributed by atoms with van der Waals surface area (Å²) in [5, 5.41) is 10.3. The molecule has 9 heteroatoms. The Balaban J connectivity index is 1.75. The fourth-order valence-corrected chi connectivity index (χ4v) is 4.87. The second-order valence-corrected chi connectivity index (χ2v) is 9.07. The number of carbonyl (C=O) groups is 2. The number of benzene rings is 1. The van der Waals surface area contributed by atoms with Crippen molar-refractivity contribution in [3.8, 4) is 0 Å². The van der Waals surface area contributed by atoms with Crippen LogP contribution >= 0.6 is 34.9 Å². The van der Waals surface area contributed by atoms with E-state index in [1.807, 2.05) is 5.32 Å². The van der Waals surface area contributed by atoms with Crippen LogP contribution in [0.2, 0.25) is 0 Å². The predicted molar refractivity (Wildman–Crippen MR) is 103 cm³/mol. The fourth-order valence-electron chi connectivity index (χ4n) is 1.89. The van der Waals surface area contributed by atoms with Crippen LogP contribution in [-0.2, 0) is 10.5 Å². The smallest absolute Gasteiger partial charge is 0.318 e. The minimum atomic E-state index is -0.828. The molecule has 3 amide bonds. The summed E-state index contributed by atoms with van der Waals surface area (Å²) < 4.78 is 1.71. The van der Waals surface area contributed by atoms with Crippen LogP contribution in [0.5, 0.6) is 0 Å². The predicted octanol–water partition coefficient (Wildman–Crippen LogP) is 3.63. The van der Waals surface area contributed by atoms with Gasteiger partial charge in [0.1, 0.15) is 0 Å². The summed E-state index contributed by atoms with van der Waals surface area (Å²) in [5.41, 5.74) is 7.47. The third-order valence-corrected chi connectivity index (χ3v) is 6.48. The van der Waals surface area contributed by atoms with Crippen LogP contribution in [0.15, 0.2) is 32.9 Å². The van der Waals surface area contributed by atoms with Crippen molar-refractivity contribution in [3.63, 3.8) is 0 Å². The first-order chi connectivity index (χ1) is 11.9. The minimum Gasteiger partial charge on any atom is -0.351 e. The van der Waals surface area contributed by atoms with Gasteiger partial charge in [0.25, 0.3) is 0 Å². The first kappa shape index (κ1) is 19.7. The molecule has 0 spiro atoms. The lowest BCUT2D eigenvalue weighted by Gasteiger charge is -2.05. The fraction of sp³-hybridized carbons (Fsp3) is 0.375. The van der Waals surface area contributed by atoms with Gasteiger partial charge in [-0.3, -0.25) is 10.1 Å². The van der Waals surface area contributed by atoms with Crippen molar-refractivity contribution >= 4 is 46.8 Å². The van der Waals surface area contributed by atoms with Gasteiger partial charge < -0.3 is 5.73 Å². The summed E-state index contributed by atoms with van der Waals surface area (Å²) in [6, 6.07) is 7.80. The average molecular weight is 397 g/mol. The van der Waals surface area contributed by atoms with Crippen LogP contribution in [0.3, 0.4) is 0 Å². The monoisotopic (exact) mass is 396 g/mol. The minimum absolute atomic E-state index is 0.206. The Hall–Kier alpha value is -1.58. The molecule has 0 bridgehead atoms. The zero-order valence-electron chi connectivity index (χ0n) is 14.0. The Bertz CT molecular complexity index is 716. The lowest BCUT2D eigenvalue weighted by molar-refractivity contribution is -0.119. The number of hydrogen-bond donors (Lipinski definition) is 2.